The molecule has 3 heterocycles. The normalized spacial score (nSPS) is 15.6. The lowest BCUT2D eigenvalue weighted by Crippen LogP contribution is -2.44. The first-order valence-corrected chi connectivity index (χ1v) is 12.4. The van der Waals surface area contributed by atoms with Crippen molar-refractivity contribution >= 4 is 56.8 Å². The van der Waals surface area contributed by atoms with Crippen LogP contribution in [-0.4, -0.2) is 85.6 Å². The molecule has 190 valence electrons. The number of amides is 3. The van der Waals surface area contributed by atoms with Gasteiger partial charge in [0.05, 0.1) is 41.7 Å². The SMILES string of the molecule is COc1ccc2sc(N(CCCN3CCOCC3)C(=O)CN3C(=O)c4ccccc4C3=O)nc2c1.Cl. The van der Waals surface area contributed by atoms with Crippen LogP contribution in [0.3, 0.4) is 0 Å². The molecular formula is C25H27ClN4O5S. The minimum atomic E-state index is -0.443. The molecule has 3 aromatic rings. The van der Waals surface area contributed by atoms with Gasteiger partial charge in [0.15, 0.2) is 5.13 Å². The smallest absolute Gasteiger partial charge is 0.262 e. The van der Waals surface area contributed by atoms with Crippen LogP contribution in [0.1, 0.15) is 27.1 Å². The summed E-state index contributed by atoms with van der Waals surface area (Å²) in [6.45, 7) is 4.07. The fourth-order valence-electron chi connectivity index (χ4n) is 4.35. The number of carbonyl (C=O) groups excluding carboxylic acids is 3. The average molecular weight is 531 g/mol. The third-order valence-electron chi connectivity index (χ3n) is 6.25. The number of anilines is 1. The van der Waals surface area contributed by atoms with Crippen LogP contribution in [0.2, 0.25) is 0 Å². The molecule has 0 aliphatic carbocycles. The molecule has 1 aromatic heterocycles. The highest BCUT2D eigenvalue weighted by molar-refractivity contribution is 7.22. The Morgan fingerprint density at radius 1 is 1.11 bits per heavy atom. The number of benzene rings is 2. The maximum absolute atomic E-state index is 13.5. The third kappa shape index (κ3) is 5.22. The van der Waals surface area contributed by atoms with Gasteiger partial charge in [-0.3, -0.25) is 29.1 Å². The lowest BCUT2D eigenvalue weighted by molar-refractivity contribution is -0.119. The number of aromatic nitrogens is 1. The van der Waals surface area contributed by atoms with Crippen LogP contribution in [0.4, 0.5) is 5.13 Å². The van der Waals surface area contributed by atoms with Crippen LogP contribution in [0.5, 0.6) is 5.75 Å². The highest BCUT2D eigenvalue weighted by Crippen LogP contribution is 2.32. The summed E-state index contributed by atoms with van der Waals surface area (Å²) in [5.41, 5.74) is 1.39. The van der Waals surface area contributed by atoms with Crippen molar-refractivity contribution in [2.75, 3.05) is 57.9 Å². The van der Waals surface area contributed by atoms with Crippen molar-refractivity contribution in [2.45, 2.75) is 6.42 Å². The summed E-state index contributed by atoms with van der Waals surface area (Å²) in [5, 5.41) is 0.539. The summed E-state index contributed by atoms with van der Waals surface area (Å²) < 4.78 is 11.6. The highest BCUT2D eigenvalue weighted by Gasteiger charge is 2.37. The summed E-state index contributed by atoms with van der Waals surface area (Å²) in [6.07, 6.45) is 0.729. The summed E-state index contributed by atoms with van der Waals surface area (Å²) >= 11 is 1.40. The Bertz CT molecular complexity index is 1240. The number of carbonyl (C=O) groups is 3. The summed E-state index contributed by atoms with van der Waals surface area (Å²) in [4.78, 5) is 48.8. The number of methoxy groups -OCH3 is 1. The molecule has 9 nitrogen and oxygen atoms in total. The molecule has 0 unspecified atom stereocenters. The van der Waals surface area contributed by atoms with Crippen molar-refractivity contribution in [3.05, 3.63) is 53.6 Å². The van der Waals surface area contributed by atoms with Gasteiger partial charge in [0.1, 0.15) is 12.3 Å². The van der Waals surface area contributed by atoms with E-state index in [1.807, 2.05) is 18.2 Å². The number of hydrogen-bond acceptors (Lipinski definition) is 8. The van der Waals surface area contributed by atoms with E-state index in [4.69, 9.17) is 9.47 Å². The first-order valence-electron chi connectivity index (χ1n) is 11.6. The number of rotatable bonds is 8. The predicted molar refractivity (Wildman–Crippen MR) is 139 cm³/mol. The zero-order chi connectivity index (χ0) is 24.4. The van der Waals surface area contributed by atoms with Crippen LogP contribution in [0.15, 0.2) is 42.5 Å². The second-order valence-corrected chi connectivity index (χ2v) is 9.43. The van der Waals surface area contributed by atoms with E-state index in [1.54, 1.807) is 36.3 Å². The Morgan fingerprint density at radius 2 is 1.81 bits per heavy atom. The molecule has 0 saturated carbocycles. The van der Waals surface area contributed by atoms with E-state index in [1.165, 1.54) is 11.3 Å². The lowest BCUT2D eigenvalue weighted by Gasteiger charge is -2.28. The number of fused-ring (bicyclic) bond motifs is 2. The van der Waals surface area contributed by atoms with Crippen LogP contribution in [0.25, 0.3) is 10.2 Å². The first-order chi connectivity index (χ1) is 17.0. The van der Waals surface area contributed by atoms with E-state index in [-0.39, 0.29) is 24.9 Å². The maximum atomic E-state index is 13.5. The Balaban J connectivity index is 0.00000304. The standard InChI is InChI=1S/C25H26N4O5S.ClH/c1-33-17-7-8-21-20(15-17)26-25(35-21)28(10-4-9-27-11-13-34-14-12-27)22(30)16-29-23(31)18-5-2-3-6-19(18)24(29)32;/h2-3,5-8,15H,4,9-14,16H2,1H3;1H. The van der Waals surface area contributed by atoms with E-state index in [0.29, 0.717) is 41.8 Å². The monoisotopic (exact) mass is 530 g/mol. The van der Waals surface area contributed by atoms with Gasteiger partial charge in [-0.25, -0.2) is 4.98 Å². The molecule has 36 heavy (non-hydrogen) atoms. The molecule has 2 aromatic carbocycles. The minimum absolute atomic E-state index is 0. The van der Waals surface area contributed by atoms with E-state index in [2.05, 4.69) is 9.88 Å². The molecule has 0 radical (unpaired) electrons. The molecular weight excluding hydrogens is 504 g/mol. The number of thiazole rings is 1. The van der Waals surface area contributed by atoms with Crippen molar-refractivity contribution < 1.29 is 23.9 Å². The van der Waals surface area contributed by atoms with E-state index in [0.717, 1.165) is 41.2 Å². The van der Waals surface area contributed by atoms with Gasteiger partial charge in [-0.15, -0.1) is 12.4 Å². The van der Waals surface area contributed by atoms with Gasteiger partial charge < -0.3 is 9.47 Å². The van der Waals surface area contributed by atoms with Crippen molar-refractivity contribution in [2.24, 2.45) is 0 Å². The first kappa shape index (κ1) is 26.0. The summed E-state index contributed by atoms with van der Waals surface area (Å²) in [7, 11) is 1.60. The fraction of sp³-hybridized carbons (Fsp3) is 0.360. The lowest BCUT2D eigenvalue weighted by atomic mass is 10.1. The van der Waals surface area contributed by atoms with Crippen molar-refractivity contribution in [3.63, 3.8) is 0 Å². The van der Waals surface area contributed by atoms with Crippen molar-refractivity contribution in [1.82, 2.24) is 14.8 Å². The zero-order valence-corrected chi connectivity index (χ0v) is 21.5. The molecule has 5 rings (SSSR count). The average Bonchev–Trinajstić information content (AvgIpc) is 3.41. The largest absolute Gasteiger partial charge is 0.497 e. The van der Waals surface area contributed by atoms with Crippen LogP contribution in [-0.2, 0) is 9.53 Å². The third-order valence-corrected chi connectivity index (χ3v) is 7.31. The van der Waals surface area contributed by atoms with E-state index >= 15 is 0 Å². The van der Waals surface area contributed by atoms with Gasteiger partial charge in [0.2, 0.25) is 5.91 Å². The molecule has 0 spiro atoms. The molecule has 2 aliphatic heterocycles. The molecule has 0 atom stereocenters. The van der Waals surface area contributed by atoms with Crippen LogP contribution < -0.4 is 9.64 Å². The molecule has 0 bridgehead atoms. The second-order valence-electron chi connectivity index (χ2n) is 8.43. The summed E-state index contributed by atoms with van der Waals surface area (Å²) in [5.74, 6) is -0.541. The van der Waals surface area contributed by atoms with Crippen molar-refractivity contribution in [1.29, 1.82) is 0 Å². The van der Waals surface area contributed by atoms with Gasteiger partial charge in [0.25, 0.3) is 11.8 Å². The van der Waals surface area contributed by atoms with Crippen LogP contribution >= 0.6 is 23.7 Å². The minimum Gasteiger partial charge on any atom is -0.497 e. The predicted octanol–water partition coefficient (Wildman–Crippen LogP) is 3.08. The molecule has 0 N–H and O–H groups in total. The van der Waals surface area contributed by atoms with Gasteiger partial charge in [0, 0.05) is 32.2 Å². The molecule has 1 saturated heterocycles. The number of ether oxygens (including phenoxy) is 2. The Morgan fingerprint density at radius 3 is 2.47 bits per heavy atom. The Hall–Kier alpha value is -3.05. The number of nitrogens with zero attached hydrogens (tertiary/aromatic N) is 4. The number of hydrogen-bond donors (Lipinski definition) is 0. The molecule has 1 fully saturated rings. The topological polar surface area (TPSA) is 92.3 Å². The van der Waals surface area contributed by atoms with Crippen LogP contribution in [0, 0.1) is 0 Å². The van der Waals surface area contributed by atoms with Gasteiger partial charge in [-0.1, -0.05) is 23.5 Å². The van der Waals surface area contributed by atoms with Gasteiger partial charge in [-0.05, 0) is 30.7 Å². The number of imide groups is 1. The summed E-state index contributed by atoms with van der Waals surface area (Å²) in [6, 6.07) is 12.2. The fourth-order valence-corrected chi connectivity index (χ4v) is 5.33. The second kappa shape index (κ2) is 11.3. The molecule has 11 heteroatoms. The molecule has 2 aliphatic rings. The van der Waals surface area contributed by atoms with E-state index < -0.39 is 11.8 Å². The quantitative estimate of drug-likeness (QED) is 0.413. The Kier molecular flexibility index (Phi) is 8.20. The highest BCUT2D eigenvalue weighted by atomic mass is 35.5. The Labute approximate surface area is 219 Å². The zero-order valence-electron chi connectivity index (χ0n) is 19.8. The van der Waals surface area contributed by atoms with E-state index in [9.17, 15) is 14.4 Å². The van der Waals surface area contributed by atoms with Crippen molar-refractivity contribution in [3.8, 4) is 5.75 Å². The van der Waals surface area contributed by atoms with Gasteiger partial charge in [-0.2, -0.15) is 0 Å². The maximum Gasteiger partial charge on any atom is 0.262 e. The number of halogens is 1. The molecule has 3 amide bonds. The number of morpholine rings is 1. The van der Waals surface area contributed by atoms with Gasteiger partial charge >= 0.3 is 0 Å².